The Morgan fingerprint density at radius 1 is 0.848 bits per heavy atom. The van der Waals surface area contributed by atoms with Crippen molar-refractivity contribution >= 4 is 11.1 Å². The summed E-state index contributed by atoms with van der Waals surface area (Å²) in [4.78, 5) is 0. The maximum atomic E-state index is 8.91. The molecule has 0 spiro atoms. The molecule has 2 aromatic carbocycles. The first kappa shape index (κ1) is 26.4. The molecule has 174 valence electrons. The summed E-state index contributed by atoms with van der Waals surface area (Å²) in [5, 5.41) is 8.91. The molecule has 0 N–H and O–H groups in total. The van der Waals surface area contributed by atoms with Gasteiger partial charge in [-0.2, -0.15) is 5.26 Å². The fourth-order valence-corrected chi connectivity index (χ4v) is 4.49. The third-order valence-corrected chi connectivity index (χ3v) is 6.88. The lowest BCUT2D eigenvalue weighted by molar-refractivity contribution is 0.718. The quantitative estimate of drug-likeness (QED) is 0.282. The van der Waals surface area contributed by atoms with Gasteiger partial charge in [-0.1, -0.05) is 62.4 Å². The Morgan fingerprint density at radius 3 is 1.91 bits per heavy atom. The predicted octanol–water partition coefficient (Wildman–Crippen LogP) is 9.46. The molecule has 33 heavy (non-hydrogen) atoms. The second-order valence-corrected chi connectivity index (χ2v) is 9.79. The van der Waals surface area contributed by atoms with Crippen molar-refractivity contribution in [3.63, 3.8) is 0 Å². The SMILES string of the molecule is C=C(/C(C)=C(\C(=C(\C)CCCCC#N)C(C)C)c1ccc(C)c(C)c1)c1ccc(C)c(C)c1. The van der Waals surface area contributed by atoms with E-state index in [4.69, 9.17) is 5.26 Å². The van der Waals surface area contributed by atoms with Gasteiger partial charge in [0.1, 0.15) is 0 Å². The van der Waals surface area contributed by atoms with Crippen LogP contribution in [0, 0.1) is 44.9 Å². The molecule has 0 atom stereocenters. The van der Waals surface area contributed by atoms with Gasteiger partial charge in [-0.05, 0) is 122 Å². The van der Waals surface area contributed by atoms with Crippen molar-refractivity contribution in [2.24, 2.45) is 5.92 Å². The van der Waals surface area contributed by atoms with Crippen LogP contribution in [0.2, 0.25) is 0 Å². The van der Waals surface area contributed by atoms with Gasteiger partial charge in [-0.3, -0.25) is 0 Å². The standard InChI is InChI=1S/C32H41N/c1-21(2)31(24(5)13-11-10-12-18-33)32(30-17-15-23(4)26(7)20-30)28(9)27(8)29-16-14-22(3)25(6)19-29/h14-17,19-21H,8,10-13H2,1-7,9H3/b31-24-,32-28-. The summed E-state index contributed by atoms with van der Waals surface area (Å²) < 4.78 is 0. The summed E-state index contributed by atoms with van der Waals surface area (Å²) >= 11 is 0. The Hall–Kier alpha value is -2.85. The van der Waals surface area contributed by atoms with E-state index < -0.39 is 0 Å². The maximum Gasteiger partial charge on any atom is 0.0621 e. The zero-order valence-electron chi connectivity index (χ0n) is 22.0. The van der Waals surface area contributed by atoms with E-state index in [1.807, 2.05) is 0 Å². The minimum atomic E-state index is 0.389. The highest BCUT2D eigenvalue weighted by atomic mass is 14.2. The van der Waals surface area contributed by atoms with Gasteiger partial charge in [0.15, 0.2) is 0 Å². The van der Waals surface area contributed by atoms with Crippen molar-refractivity contribution in [3.8, 4) is 6.07 Å². The molecule has 0 aromatic heterocycles. The average molecular weight is 440 g/mol. The third-order valence-electron chi connectivity index (χ3n) is 6.88. The van der Waals surface area contributed by atoms with Gasteiger partial charge >= 0.3 is 0 Å². The number of hydrogen-bond donors (Lipinski definition) is 0. The fraction of sp³-hybridized carbons (Fsp3) is 0.406. The first-order valence-corrected chi connectivity index (χ1v) is 12.2. The number of unbranched alkanes of at least 4 members (excludes halogenated alkanes) is 2. The Balaban J connectivity index is 2.72. The van der Waals surface area contributed by atoms with Crippen molar-refractivity contribution in [1.82, 2.24) is 0 Å². The second-order valence-electron chi connectivity index (χ2n) is 9.79. The number of nitrogens with zero attached hydrogens (tertiary/aromatic N) is 1. The van der Waals surface area contributed by atoms with Gasteiger partial charge in [0.2, 0.25) is 0 Å². The van der Waals surface area contributed by atoms with Gasteiger partial charge in [0.05, 0.1) is 6.07 Å². The van der Waals surface area contributed by atoms with Crippen molar-refractivity contribution in [3.05, 3.63) is 93.1 Å². The van der Waals surface area contributed by atoms with Crippen LogP contribution in [0.3, 0.4) is 0 Å². The van der Waals surface area contributed by atoms with E-state index >= 15 is 0 Å². The number of aryl methyl sites for hydroxylation is 4. The highest BCUT2D eigenvalue weighted by molar-refractivity contribution is 5.94. The largest absolute Gasteiger partial charge is 0.198 e. The minimum Gasteiger partial charge on any atom is -0.198 e. The highest BCUT2D eigenvalue weighted by Gasteiger charge is 2.20. The third kappa shape index (κ3) is 6.58. The van der Waals surface area contributed by atoms with Crippen LogP contribution in [0.15, 0.2) is 59.7 Å². The van der Waals surface area contributed by atoms with Crippen LogP contribution in [0.1, 0.15) is 86.8 Å². The number of allylic oxidation sites excluding steroid dienone is 5. The number of hydrogen-bond acceptors (Lipinski definition) is 1. The van der Waals surface area contributed by atoms with E-state index in [-0.39, 0.29) is 0 Å². The molecule has 1 heteroatoms. The van der Waals surface area contributed by atoms with Crippen LogP contribution < -0.4 is 0 Å². The highest BCUT2D eigenvalue weighted by Crippen LogP contribution is 2.39. The Kier molecular flexibility index (Phi) is 9.48. The van der Waals surface area contributed by atoms with Crippen LogP contribution in [-0.2, 0) is 0 Å². The summed E-state index contributed by atoms with van der Waals surface area (Å²) in [7, 11) is 0. The lowest BCUT2D eigenvalue weighted by atomic mass is 9.80. The molecule has 0 aliphatic rings. The van der Waals surface area contributed by atoms with Crippen LogP contribution in [0.25, 0.3) is 11.1 Å². The first-order valence-electron chi connectivity index (χ1n) is 12.2. The molecule has 0 aliphatic carbocycles. The molecule has 0 bridgehead atoms. The number of rotatable bonds is 9. The molecule has 2 aromatic rings. The van der Waals surface area contributed by atoms with E-state index in [1.54, 1.807) is 0 Å². The molecule has 1 nitrogen and oxygen atoms in total. The predicted molar refractivity (Wildman–Crippen MR) is 145 cm³/mol. The van der Waals surface area contributed by atoms with Crippen molar-refractivity contribution in [1.29, 1.82) is 5.26 Å². The fourth-order valence-electron chi connectivity index (χ4n) is 4.49. The molecule has 0 radical (unpaired) electrons. The summed E-state index contributed by atoms with van der Waals surface area (Å²) in [5.74, 6) is 0.389. The monoisotopic (exact) mass is 439 g/mol. The summed E-state index contributed by atoms with van der Waals surface area (Å²) in [6.07, 6.45) is 3.66. The smallest absolute Gasteiger partial charge is 0.0621 e. The molecule has 0 heterocycles. The van der Waals surface area contributed by atoms with Gasteiger partial charge in [-0.15, -0.1) is 0 Å². The minimum absolute atomic E-state index is 0.389. The van der Waals surface area contributed by atoms with Gasteiger partial charge in [-0.25, -0.2) is 0 Å². The average Bonchev–Trinajstić information content (AvgIpc) is 2.77. The molecule has 2 rings (SSSR count). The van der Waals surface area contributed by atoms with Crippen molar-refractivity contribution in [2.45, 2.75) is 81.1 Å². The molecule has 0 saturated heterocycles. The Bertz CT molecular complexity index is 1120. The van der Waals surface area contributed by atoms with Crippen LogP contribution in [-0.4, -0.2) is 0 Å². The Labute approximate surface area is 202 Å². The summed E-state index contributed by atoms with van der Waals surface area (Å²) in [6, 6.07) is 15.7. The van der Waals surface area contributed by atoms with Gasteiger partial charge in [0.25, 0.3) is 0 Å². The number of nitriles is 1. The van der Waals surface area contributed by atoms with Crippen molar-refractivity contribution in [2.75, 3.05) is 0 Å². The van der Waals surface area contributed by atoms with Crippen LogP contribution in [0.5, 0.6) is 0 Å². The van der Waals surface area contributed by atoms with Gasteiger partial charge < -0.3 is 0 Å². The first-order chi connectivity index (χ1) is 15.6. The number of benzene rings is 2. The second kappa shape index (κ2) is 11.9. The maximum absolute atomic E-state index is 8.91. The molecular weight excluding hydrogens is 398 g/mol. The van der Waals surface area contributed by atoms with Crippen LogP contribution in [0.4, 0.5) is 0 Å². The summed E-state index contributed by atoms with van der Waals surface area (Å²) in [6.45, 7) is 22.3. The normalized spacial score (nSPS) is 12.8. The van der Waals surface area contributed by atoms with Crippen LogP contribution >= 0.6 is 0 Å². The molecule has 0 fully saturated rings. The molecule has 0 unspecified atom stereocenters. The summed E-state index contributed by atoms with van der Waals surface area (Å²) in [5.41, 5.74) is 14.1. The zero-order valence-corrected chi connectivity index (χ0v) is 22.0. The zero-order chi connectivity index (χ0) is 24.7. The lowest BCUT2D eigenvalue weighted by Gasteiger charge is -2.24. The van der Waals surface area contributed by atoms with E-state index in [0.717, 1.165) is 24.8 Å². The molecular formula is C32H41N. The van der Waals surface area contributed by atoms with E-state index in [0.29, 0.717) is 12.3 Å². The van der Waals surface area contributed by atoms with Gasteiger partial charge in [0, 0.05) is 6.42 Å². The molecule has 0 aliphatic heterocycles. The lowest BCUT2D eigenvalue weighted by Crippen LogP contribution is -2.06. The van der Waals surface area contributed by atoms with E-state index in [9.17, 15) is 0 Å². The Morgan fingerprint density at radius 2 is 1.39 bits per heavy atom. The van der Waals surface area contributed by atoms with Crippen molar-refractivity contribution < 1.29 is 0 Å². The topological polar surface area (TPSA) is 23.8 Å². The van der Waals surface area contributed by atoms with E-state index in [2.05, 4.69) is 104 Å². The molecule has 0 saturated carbocycles. The van der Waals surface area contributed by atoms with E-state index in [1.165, 1.54) is 55.7 Å². The molecule has 0 amide bonds.